The molecule has 0 saturated heterocycles. The summed E-state index contributed by atoms with van der Waals surface area (Å²) in [5.74, 6) is 0. The van der Waals surface area contributed by atoms with E-state index in [0.29, 0.717) is 26.4 Å². The van der Waals surface area contributed by atoms with Crippen molar-refractivity contribution in [3.8, 4) is 0 Å². The molecular formula is C11H26O4Pb. The molecule has 0 aromatic carbocycles. The summed E-state index contributed by atoms with van der Waals surface area (Å²) in [6.07, 6.45) is 0. The first-order valence-electron chi connectivity index (χ1n) is 5.95. The van der Waals surface area contributed by atoms with Gasteiger partial charge in [0.15, 0.2) is 0 Å². The summed E-state index contributed by atoms with van der Waals surface area (Å²) in [6, 6.07) is 0. The van der Waals surface area contributed by atoms with Crippen molar-refractivity contribution in [1.29, 1.82) is 0 Å². The van der Waals surface area contributed by atoms with Gasteiger partial charge in [-0.05, 0) is 0 Å². The van der Waals surface area contributed by atoms with Crippen molar-refractivity contribution in [2.45, 2.75) is 41.5 Å². The zero-order valence-electron chi connectivity index (χ0n) is 11.5. The van der Waals surface area contributed by atoms with Crippen LogP contribution < -0.4 is 0 Å². The average Bonchev–Trinajstić information content (AvgIpc) is 2.15. The standard InChI is InChI=1S/C5H11O.3C2H5O.Pb/c1-5(2,3)4-6;3*1-2-3;/h4H2,1-3H3;3*2H2,1H3;/q4*-1;+4. The molecule has 0 radical (unpaired) electrons. The van der Waals surface area contributed by atoms with Gasteiger partial charge in [0.2, 0.25) is 0 Å². The SMILES string of the molecule is CC[O][Pb]([O]CC)([O]CC)[O]CC(C)(C)C. The van der Waals surface area contributed by atoms with Gasteiger partial charge in [-0.3, -0.25) is 0 Å². The quantitative estimate of drug-likeness (QED) is 0.556. The molecule has 0 fully saturated rings. The van der Waals surface area contributed by atoms with E-state index in [4.69, 9.17) is 10.7 Å². The fourth-order valence-electron chi connectivity index (χ4n) is 1.09. The molecule has 0 aromatic heterocycles. The molecule has 0 rings (SSSR count). The van der Waals surface area contributed by atoms with Crippen molar-refractivity contribution in [1.82, 2.24) is 0 Å². The summed E-state index contributed by atoms with van der Waals surface area (Å²) in [7, 11) is 0. The molecule has 0 saturated carbocycles. The summed E-state index contributed by atoms with van der Waals surface area (Å²) in [6.45, 7) is 14.5. The minimum atomic E-state index is -3.84. The molecule has 0 aliphatic heterocycles. The van der Waals surface area contributed by atoms with Crippen LogP contribution in [0.1, 0.15) is 41.5 Å². The van der Waals surface area contributed by atoms with Crippen LogP contribution in [0.15, 0.2) is 0 Å². The van der Waals surface area contributed by atoms with Crippen LogP contribution in [-0.2, 0) is 10.7 Å². The Morgan fingerprint density at radius 2 is 1.12 bits per heavy atom. The first kappa shape index (κ1) is 16.8. The average molecular weight is 430 g/mol. The molecule has 16 heavy (non-hydrogen) atoms. The van der Waals surface area contributed by atoms with Crippen LogP contribution >= 0.6 is 0 Å². The second-order valence-electron chi connectivity index (χ2n) is 4.65. The van der Waals surface area contributed by atoms with Crippen LogP contribution in [0.4, 0.5) is 0 Å². The molecule has 0 spiro atoms. The van der Waals surface area contributed by atoms with Crippen molar-refractivity contribution in [2.75, 3.05) is 26.4 Å². The van der Waals surface area contributed by atoms with E-state index < -0.39 is 23.0 Å². The molecule has 4 nitrogen and oxygen atoms in total. The van der Waals surface area contributed by atoms with E-state index in [-0.39, 0.29) is 5.41 Å². The van der Waals surface area contributed by atoms with E-state index in [1.165, 1.54) is 0 Å². The first-order chi connectivity index (χ1) is 7.39. The molecule has 0 amide bonds. The molecule has 0 atom stereocenters. The van der Waals surface area contributed by atoms with E-state index in [0.717, 1.165) is 0 Å². The van der Waals surface area contributed by atoms with Gasteiger partial charge in [0, 0.05) is 0 Å². The zero-order chi connectivity index (χ0) is 12.7. The number of hydrogen-bond acceptors (Lipinski definition) is 4. The van der Waals surface area contributed by atoms with Crippen LogP contribution in [-0.4, -0.2) is 49.4 Å². The van der Waals surface area contributed by atoms with Gasteiger partial charge in [0.1, 0.15) is 0 Å². The molecule has 0 aliphatic rings. The molecule has 5 heteroatoms. The third kappa shape index (κ3) is 7.16. The molecule has 98 valence electrons. The van der Waals surface area contributed by atoms with Crippen molar-refractivity contribution in [3.05, 3.63) is 0 Å². The molecule has 0 bridgehead atoms. The Bertz CT molecular complexity index is 162. The molecule has 0 aliphatic carbocycles. The van der Waals surface area contributed by atoms with Crippen LogP contribution in [0.5, 0.6) is 0 Å². The Balaban J connectivity index is 4.46. The Kier molecular flexibility index (Phi) is 8.35. The fourth-order valence-corrected chi connectivity index (χ4v) is 9.52. The summed E-state index contributed by atoms with van der Waals surface area (Å²) in [5.41, 5.74) is 0.0938. The predicted octanol–water partition coefficient (Wildman–Crippen LogP) is 2.59. The fraction of sp³-hybridized carbons (Fsp3) is 1.00. The van der Waals surface area contributed by atoms with Gasteiger partial charge in [-0.2, -0.15) is 0 Å². The van der Waals surface area contributed by atoms with Crippen LogP contribution in [0.25, 0.3) is 0 Å². The minimum absolute atomic E-state index is 0.0938. The third-order valence-corrected chi connectivity index (χ3v) is 11.1. The summed E-state index contributed by atoms with van der Waals surface area (Å²) in [5, 5.41) is 0. The van der Waals surface area contributed by atoms with Gasteiger partial charge in [-0.1, -0.05) is 0 Å². The second-order valence-corrected chi connectivity index (χ2v) is 13.0. The maximum atomic E-state index is 5.87. The van der Waals surface area contributed by atoms with Crippen molar-refractivity contribution in [2.24, 2.45) is 5.41 Å². The van der Waals surface area contributed by atoms with E-state index in [1.54, 1.807) is 0 Å². The zero-order valence-corrected chi connectivity index (χ0v) is 15.3. The second kappa shape index (κ2) is 7.97. The molecule has 0 aromatic rings. The normalized spacial score (nSPS) is 13.1. The Hall–Kier alpha value is 0.762. The van der Waals surface area contributed by atoms with Gasteiger partial charge in [0.25, 0.3) is 0 Å². The first-order valence-corrected chi connectivity index (χ1v) is 12.3. The third-order valence-electron chi connectivity index (χ3n) is 1.65. The van der Waals surface area contributed by atoms with Gasteiger partial charge in [0.05, 0.1) is 0 Å². The van der Waals surface area contributed by atoms with E-state index in [1.807, 2.05) is 20.8 Å². The Labute approximate surface area is 107 Å². The molecule has 0 unspecified atom stereocenters. The molecule has 0 N–H and O–H groups in total. The monoisotopic (exact) mass is 430 g/mol. The van der Waals surface area contributed by atoms with Crippen LogP contribution in [0, 0.1) is 5.41 Å². The van der Waals surface area contributed by atoms with Crippen LogP contribution in [0.2, 0.25) is 0 Å². The molecule has 0 heterocycles. The predicted molar refractivity (Wildman–Crippen MR) is 66.0 cm³/mol. The van der Waals surface area contributed by atoms with Crippen molar-refractivity contribution >= 4 is 23.0 Å². The summed E-state index contributed by atoms with van der Waals surface area (Å²) in [4.78, 5) is 0. The van der Waals surface area contributed by atoms with Gasteiger partial charge >= 0.3 is 107 Å². The maximum absolute atomic E-state index is 5.87. The number of hydrogen-bond donors (Lipinski definition) is 0. The number of rotatable bonds is 8. The van der Waals surface area contributed by atoms with Gasteiger partial charge < -0.3 is 0 Å². The van der Waals surface area contributed by atoms with E-state index in [2.05, 4.69) is 20.8 Å². The van der Waals surface area contributed by atoms with Gasteiger partial charge in [-0.15, -0.1) is 0 Å². The van der Waals surface area contributed by atoms with Crippen molar-refractivity contribution in [3.63, 3.8) is 0 Å². The van der Waals surface area contributed by atoms with Crippen LogP contribution in [0.3, 0.4) is 0 Å². The summed E-state index contributed by atoms with van der Waals surface area (Å²) >= 11 is -3.84. The van der Waals surface area contributed by atoms with E-state index in [9.17, 15) is 0 Å². The Morgan fingerprint density at radius 1 is 0.750 bits per heavy atom. The van der Waals surface area contributed by atoms with Crippen molar-refractivity contribution < 1.29 is 10.7 Å². The topological polar surface area (TPSA) is 36.9 Å². The molecular weight excluding hydrogens is 403 g/mol. The van der Waals surface area contributed by atoms with E-state index >= 15 is 0 Å². The Morgan fingerprint density at radius 3 is 1.38 bits per heavy atom. The van der Waals surface area contributed by atoms with Gasteiger partial charge in [-0.25, -0.2) is 0 Å². The summed E-state index contributed by atoms with van der Waals surface area (Å²) < 4.78 is 22.9.